The van der Waals surface area contributed by atoms with Crippen molar-refractivity contribution >= 4 is 17.6 Å². The third kappa shape index (κ3) is 6.77. The van der Waals surface area contributed by atoms with Crippen molar-refractivity contribution in [2.45, 2.75) is 65.5 Å². The van der Waals surface area contributed by atoms with Gasteiger partial charge in [-0.3, -0.25) is 4.79 Å². The molecule has 138 valence electrons. The Morgan fingerprint density at radius 2 is 1.96 bits per heavy atom. The Hall–Kier alpha value is -2.04. The van der Waals surface area contributed by atoms with Crippen LogP contribution in [-0.4, -0.2) is 24.0 Å². The van der Waals surface area contributed by atoms with Gasteiger partial charge in [0.2, 0.25) is 5.91 Å². The summed E-state index contributed by atoms with van der Waals surface area (Å²) in [6.07, 6.45) is 4.36. The fraction of sp³-hybridized carbons (Fsp3) is 0.600. The van der Waals surface area contributed by atoms with Gasteiger partial charge in [-0.2, -0.15) is 0 Å². The highest BCUT2D eigenvalue weighted by Crippen LogP contribution is 2.26. The smallest absolute Gasteiger partial charge is 0.227 e. The van der Waals surface area contributed by atoms with Gasteiger partial charge in [-0.1, -0.05) is 25.0 Å². The topological polar surface area (TPSA) is 65.5 Å². The largest absolute Gasteiger partial charge is 0.357 e. The lowest BCUT2D eigenvalue weighted by Gasteiger charge is -2.23. The van der Waals surface area contributed by atoms with Crippen LogP contribution in [0.3, 0.4) is 0 Å². The zero-order chi connectivity index (χ0) is 18.3. The van der Waals surface area contributed by atoms with Crippen molar-refractivity contribution in [1.82, 2.24) is 10.6 Å². The van der Waals surface area contributed by atoms with Crippen LogP contribution in [0, 0.1) is 5.92 Å². The van der Waals surface area contributed by atoms with Crippen molar-refractivity contribution in [2.24, 2.45) is 10.9 Å². The van der Waals surface area contributed by atoms with Crippen molar-refractivity contribution < 1.29 is 4.79 Å². The first-order valence-corrected chi connectivity index (χ1v) is 9.33. The number of hydrogen-bond acceptors (Lipinski definition) is 2. The summed E-state index contributed by atoms with van der Waals surface area (Å²) in [4.78, 5) is 16.9. The number of aliphatic imine (C=N–C) groups is 1. The van der Waals surface area contributed by atoms with Gasteiger partial charge in [0.25, 0.3) is 0 Å². The average molecular weight is 345 g/mol. The summed E-state index contributed by atoms with van der Waals surface area (Å²) in [5.74, 6) is 1.13. The zero-order valence-corrected chi connectivity index (χ0v) is 16.0. The molecule has 1 saturated carbocycles. The van der Waals surface area contributed by atoms with Crippen LogP contribution in [0.4, 0.5) is 5.69 Å². The van der Waals surface area contributed by atoms with Crippen LogP contribution in [0.2, 0.25) is 0 Å². The van der Waals surface area contributed by atoms with Gasteiger partial charge in [0.05, 0.1) is 6.54 Å². The summed E-state index contributed by atoms with van der Waals surface area (Å²) >= 11 is 0. The monoisotopic (exact) mass is 344 g/mol. The molecule has 0 spiro atoms. The molecule has 1 fully saturated rings. The molecule has 1 aromatic rings. The average Bonchev–Trinajstić information content (AvgIpc) is 3.06. The maximum absolute atomic E-state index is 12.3. The third-order valence-electron chi connectivity index (χ3n) is 4.18. The van der Waals surface area contributed by atoms with E-state index in [1.54, 1.807) is 0 Å². The molecule has 1 aliphatic rings. The first-order valence-electron chi connectivity index (χ1n) is 9.33. The molecule has 1 amide bonds. The molecule has 0 aliphatic heterocycles. The Morgan fingerprint density at radius 1 is 1.24 bits per heavy atom. The fourth-order valence-corrected chi connectivity index (χ4v) is 3.01. The van der Waals surface area contributed by atoms with E-state index in [0.29, 0.717) is 6.54 Å². The fourth-order valence-electron chi connectivity index (χ4n) is 3.01. The second-order valence-corrected chi connectivity index (χ2v) is 7.74. The lowest BCUT2D eigenvalue weighted by molar-refractivity contribution is -0.119. The van der Waals surface area contributed by atoms with Gasteiger partial charge >= 0.3 is 0 Å². The summed E-state index contributed by atoms with van der Waals surface area (Å²) in [6, 6.07) is 7.96. The second-order valence-electron chi connectivity index (χ2n) is 7.74. The lowest BCUT2D eigenvalue weighted by atomic mass is 10.1. The number of guanidine groups is 1. The van der Waals surface area contributed by atoms with E-state index in [9.17, 15) is 4.79 Å². The molecule has 5 heteroatoms. The van der Waals surface area contributed by atoms with Crippen LogP contribution in [0.25, 0.3) is 0 Å². The maximum Gasteiger partial charge on any atom is 0.227 e. The molecule has 1 aromatic carbocycles. The van der Waals surface area contributed by atoms with Gasteiger partial charge in [0, 0.05) is 23.7 Å². The van der Waals surface area contributed by atoms with E-state index in [-0.39, 0.29) is 17.4 Å². The van der Waals surface area contributed by atoms with Gasteiger partial charge in [-0.25, -0.2) is 4.99 Å². The second kappa shape index (κ2) is 8.88. The highest BCUT2D eigenvalue weighted by molar-refractivity contribution is 5.92. The molecule has 0 saturated heterocycles. The van der Waals surface area contributed by atoms with Crippen molar-refractivity contribution in [3.63, 3.8) is 0 Å². The van der Waals surface area contributed by atoms with E-state index in [1.165, 1.54) is 12.8 Å². The number of benzene rings is 1. The number of rotatable bonds is 5. The van der Waals surface area contributed by atoms with Gasteiger partial charge in [-0.15, -0.1) is 0 Å². The molecule has 0 radical (unpaired) electrons. The van der Waals surface area contributed by atoms with Crippen LogP contribution >= 0.6 is 0 Å². The first kappa shape index (κ1) is 19.3. The Bertz CT molecular complexity index is 598. The summed E-state index contributed by atoms with van der Waals surface area (Å²) < 4.78 is 0. The molecule has 5 nitrogen and oxygen atoms in total. The van der Waals surface area contributed by atoms with E-state index >= 15 is 0 Å². The highest BCUT2D eigenvalue weighted by atomic mass is 16.1. The predicted molar refractivity (Wildman–Crippen MR) is 105 cm³/mol. The zero-order valence-electron chi connectivity index (χ0n) is 16.0. The van der Waals surface area contributed by atoms with Gasteiger partial charge < -0.3 is 16.0 Å². The lowest BCUT2D eigenvalue weighted by Crippen LogP contribution is -2.47. The van der Waals surface area contributed by atoms with Crippen LogP contribution in [0.5, 0.6) is 0 Å². The molecular weight excluding hydrogens is 312 g/mol. The number of hydrogen-bond donors (Lipinski definition) is 3. The molecule has 2 rings (SSSR count). The standard InChI is InChI=1S/C20H32N4O/c1-5-21-19(24-20(2,3)4)22-14-15-9-8-12-17(13-15)23-18(25)16-10-6-7-11-16/h8-9,12-13,16H,5-7,10-11,14H2,1-4H3,(H,23,25)(H2,21,22,24). The molecule has 0 heterocycles. The summed E-state index contributed by atoms with van der Waals surface area (Å²) in [5.41, 5.74) is 1.90. The maximum atomic E-state index is 12.3. The quantitative estimate of drug-likeness (QED) is 0.564. The normalized spacial score (nSPS) is 15.9. The van der Waals surface area contributed by atoms with E-state index in [1.807, 2.05) is 24.3 Å². The molecule has 0 bridgehead atoms. The molecule has 1 aliphatic carbocycles. The molecule has 0 aromatic heterocycles. The van der Waals surface area contributed by atoms with Crippen molar-refractivity contribution in [2.75, 3.05) is 11.9 Å². The van der Waals surface area contributed by atoms with Crippen molar-refractivity contribution in [1.29, 1.82) is 0 Å². The van der Waals surface area contributed by atoms with Crippen molar-refractivity contribution in [3.8, 4) is 0 Å². The number of anilines is 1. The molecule has 0 atom stereocenters. The number of amides is 1. The molecule has 0 unspecified atom stereocenters. The highest BCUT2D eigenvalue weighted by Gasteiger charge is 2.22. The third-order valence-corrected chi connectivity index (χ3v) is 4.18. The van der Waals surface area contributed by atoms with E-state index in [2.05, 4.69) is 48.6 Å². The minimum absolute atomic E-state index is 0.0435. The molecule has 3 N–H and O–H groups in total. The van der Waals surface area contributed by atoms with Crippen molar-refractivity contribution in [3.05, 3.63) is 29.8 Å². The molecule has 25 heavy (non-hydrogen) atoms. The Kier molecular flexibility index (Phi) is 6.85. The summed E-state index contributed by atoms with van der Waals surface area (Å²) in [5, 5.41) is 9.70. The van der Waals surface area contributed by atoms with Gasteiger partial charge in [-0.05, 0) is 58.2 Å². The number of carbonyl (C=O) groups is 1. The van der Waals surface area contributed by atoms with E-state index < -0.39 is 0 Å². The number of nitrogens with one attached hydrogen (secondary N) is 3. The van der Waals surface area contributed by atoms with Crippen LogP contribution in [0.1, 0.15) is 58.9 Å². The predicted octanol–water partition coefficient (Wildman–Crippen LogP) is 3.67. The van der Waals surface area contributed by atoms with E-state index in [0.717, 1.165) is 36.6 Å². The molecular formula is C20H32N4O. The SMILES string of the molecule is CCNC(=NCc1cccc(NC(=O)C2CCCC2)c1)NC(C)(C)C. The van der Waals surface area contributed by atoms with Gasteiger partial charge in [0.1, 0.15) is 0 Å². The van der Waals surface area contributed by atoms with Crippen LogP contribution < -0.4 is 16.0 Å². The number of carbonyl (C=O) groups excluding carboxylic acids is 1. The van der Waals surface area contributed by atoms with Gasteiger partial charge in [0.15, 0.2) is 5.96 Å². The Labute approximate surface area is 151 Å². The first-order chi connectivity index (χ1) is 11.9. The van der Waals surface area contributed by atoms with E-state index in [4.69, 9.17) is 0 Å². The summed E-state index contributed by atoms with van der Waals surface area (Å²) in [7, 11) is 0. The van der Waals surface area contributed by atoms with Crippen LogP contribution in [-0.2, 0) is 11.3 Å². The summed E-state index contributed by atoms with van der Waals surface area (Å²) in [6.45, 7) is 9.77. The Morgan fingerprint density at radius 3 is 2.60 bits per heavy atom. The Balaban J connectivity index is 1.99. The minimum atomic E-state index is -0.0435. The number of nitrogens with zero attached hydrogens (tertiary/aromatic N) is 1. The van der Waals surface area contributed by atoms with Crippen LogP contribution in [0.15, 0.2) is 29.3 Å². The minimum Gasteiger partial charge on any atom is -0.357 e.